The van der Waals surface area contributed by atoms with E-state index in [1.165, 1.54) is 14.0 Å². The first-order valence-corrected chi connectivity index (χ1v) is 3.21. The van der Waals surface area contributed by atoms with E-state index in [-0.39, 0.29) is 11.9 Å². The van der Waals surface area contributed by atoms with Crippen molar-refractivity contribution in [3.8, 4) is 0 Å². The number of carbonyl (C=O) groups excluding carboxylic acids is 1. The van der Waals surface area contributed by atoms with Crippen molar-refractivity contribution in [2.75, 3.05) is 7.11 Å². The van der Waals surface area contributed by atoms with Crippen LogP contribution in [-0.2, 0) is 9.53 Å². The Kier molecular flexibility index (Phi) is 9.69. The van der Waals surface area contributed by atoms with Crippen LogP contribution in [-0.4, -0.2) is 19.0 Å². The summed E-state index contributed by atoms with van der Waals surface area (Å²) in [5.74, 6) is 0.0718. The van der Waals surface area contributed by atoms with Gasteiger partial charge in [0.25, 0.3) is 0 Å². The molecule has 56 valence electrons. The maximum absolute atomic E-state index is 10.2. The molecule has 0 aromatic carbocycles. The Balaban J connectivity index is 0. The number of ether oxygens (including phenoxy) is 1. The molecule has 1 atom stereocenters. The Morgan fingerprint density at radius 2 is 1.78 bits per heavy atom. The number of Topliss-reactive ketones (excluding diaryl/α,β-unsaturated/α-hetero) is 1. The zero-order chi connectivity index (χ0) is 7.86. The highest BCUT2D eigenvalue weighted by Gasteiger charge is 2.01. The van der Waals surface area contributed by atoms with Crippen molar-refractivity contribution in [3.63, 3.8) is 0 Å². The normalized spacial score (nSPS) is 11.2. The average Bonchev–Trinajstić information content (AvgIpc) is 1.91. The first-order valence-electron chi connectivity index (χ1n) is 3.21. The van der Waals surface area contributed by atoms with Gasteiger partial charge in [-0.2, -0.15) is 0 Å². The van der Waals surface area contributed by atoms with Gasteiger partial charge in [-0.05, 0) is 13.8 Å². The van der Waals surface area contributed by atoms with Gasteiger partial charge >= 0.3 is 0 Å². The quantitative estimate of drug-likeness (QED) is 0.571. The summed E-state index contributed by atoms with van der Waals surface area (Å²) in [6.45, 7) is 7.23. The predicted octanol–water partition coefficient (Wildman–Crippen LogP) is 1.64. The minimum atomic E-state index is -0.236. The van der Waals surface area contributed by atoms with Gasteiger partial charge in [0, 0.05) is 7.11 Å². The number of hydrogen-bond acceptors (Lipinski definition) is 2. The largest absolute Gasteiger partial charge is 0.374 e. The molecule has 2 nitrogen and oxygen atoms in total. The van der Waals surface area contributed by atoms with E-state index in [1.807, 2.05) is 13.8 Å². The summed E-state index contributed by atoms with van der Waals surface area (Å²) in [6, 6.07) is 0. The van der Waals surface area contributed by atoms with Gasteiger partial charge in [-0.25, -0.2) is 0 Å². The van der Waals surface area contributed by atoms with Gasteiger partial charge < -0.3 is 4.74 Å². The summed E-state index contributed by atoms with van der Waals surface area (Å²) < 4.78 is 4.66. The smallest absolute Gasteiger partial charge is 0.158 e. The summed E-state index contributed by atoms with van der Waals surface area (Å²) in [5.41, 5.74) is 0. The van der Waals surface area contributed by atoms with Gasteiger partial charge in [0.05, 0.1) is 0 Å². The minimum absolute atomic E-state index is 0.0718. The first kappa shape index (κ1) is 11.4. The van der Waals surface area contributed by atoms with Crippen molar-refractivity contribution < 1.29 is 9.53 Å². The SMILES string of the molecule is CC.COC(C)C(C)=O. The maximum atomic E-state index is 10.2. The van der Waals surface area contributed by atoms with E-state index in [4.69, 9.17) is 0 Å². The van der Waals surface area contributed by atoms with Crippen molar-refractivity contribution in [3.05, 3.63) is 0 Å². The second-order valence-corrected chi connectivity index (χ2v) is 1.49. The Morgan fingerprint density at radius 1 is 1.44 bits per heavy atom. The molecule has 2 heteroatoms. The molecule has 0 rings (SSSR count). The zero-order valence-electron chi connectivity index (χ0n) is 6.89. The maximum Gasteiger partial charge on any atom is 0.158 e. The molecule has 9 heavy (non-hydrogen) atoms. The van der Waals surface area contributed by atoms with Crippen LogP contribution in [0.4, 0.5) is 0 Å². The fraction of sp³-hybridized carbons (Fsp3) is 0.857. The van der Waals surface area contributed by atoms with E-state index in [0.29, 0.717) is 0 Å². The highest BCUT2D eigenvalue weighted by Crippen LogP contribution is 1.85. The van der Waals surface area contributed by atoms with Gasteiger partial charge in [0.1, 0.15) is 6.10 Å². The van der Waals surface area contributed by atoms with Crippen LogP contribution < -0.4 is 0 Å². The zero-order valence-corrected chi connectivity index (χ0v) is 6.89. The molecule has 0 aromatic heterocycles. The van der Waals surface area contributed by atoms with Crippen LogP contribution >= 0.6 is 0 Å². The summed E-state index contributed by atoms with van der Waals surface area (Å²) in [6.07, 6.45) is -0.236. The molecule has 0 bridgehead atoms. The monoisotopic (exact) mass is 132 g/mol. The number of carbonyl (C=O) groups is 1. The molecule has 0 fully saturated rings. The molecule has 0 aliphatic rings. The Hall–Kier alpha value is -0.370. The third kappa shape index (κ3) is 7.63. The lowest BCUT2D eigenvalue weighted by molar-refractivity contribution is -0.125. The van der Waals surface area contributed by atoms with Crippen LogP contribution in [0.5, 0.6) is 0 Å². The lowest BCUT2D eigenvalue weighted by Crippen LogP contribution is -2.14. The van der Waals surface area contributed by atoms with Gasteiger partial charge in [0.2, 0.25) is 0 Å². The number of methoxy groups -OCH3 is 1. The fourth-order valence-electron chi connectivity index (χ4n) is 0.166. The van der Waals surface area contributed by atoms with E-state index < -0.39 is 0 Å². The highest BCUT2D eigenvalue weighted by atomic mass is 16.5. The molecule has 1 unspecified atom stereocenters. The molecule has 0 heterocycles. The van der Waals surface area contributed by atoms with Crippen molar-refractivity contribution >= 4 is 5.78 Å². The van der Waals surface area contributed by atoms with E-state index in [0.717, 1.165) is 0 Å². The van der Waals surface area contributed by atoms with E-state index >= 15 is 0 Å². The van der Waals surface area contributed by atoms with Crippen LogP contribution in [0.2, 0.25) is 0 Å². The molecule has 0 spiro atoms. The molecule has 0 aliphatic heterocycles. The van der Waals surface area contributed by atoms with Gasteiger partial charge in [-0.15, -0.1) is 0 Å². The predicted molar refractivity (Wildman–Crippen MR) is 38.5 cm³/mol. The molecule has 0 aliphatic carbocycles. The van der Waals surface area contributed by atoms with Crippen LogP contribution in [0.1, 0.15) is 27.7 Å². The van der Waals surface area contributed by atoms with Crippen molar-refractivity contribution in [1.82, 2.24) is 0 Å². The lowest BCUT2D eigenvalue weighted by atomic mass is 10.3. The van der Waals surface area contributed by atoms with Gasteiger partial charge in [0.15, 0.2) is 5.78 Å². The van der Waals surface area contributed by atoms with Crippen molar-refractivity contribution in [2.45, 2.75) is 33.8 Å². The number of ketones is 1. The molecule has 0 saturated carbocycles. The molecular weight excluding hydrogens is 116 g/mol. The Labute approximate surface area is 57.2 Å². The highest BCUT2D eigenvalue weighted by molar-refractivity contribution is 5.79. The Morgan fingerprint density at radius 3 is 1.78 bits per heavy atom. The first-order chi connectivity index (χ1) is 4.18. The third-order valence-electron chi connectivity index (χ3n) is 0.926. The number of hydrogen-bond donors (Lipinski definition) is 0. The second-order valence-electron chi connectivity index (χ2n) is 1.49. The topological polar surface area (TPSA) is 26.3 Å². The van der Waals surface area contributed by atoms with E-state index in [1.54, 1.807) is 6.92 Å². The van der Waals surface area contributed by atoms with Crippen molar-refractivity contribution in [2.24, 2.45) is 0 Å². The lowest BCUT2D eigenvalue weighted by Gasteiger charge is -2.00. The number of rotatable bonds is 2. The molecule has 0 N–H and O–H groups in total. The fourth-order valence-corrected chi connectivity index (χ4v) is 0.166. The second kappa shape index (κ2) is 7.63. The summed E-state index contributed by atoms with van der Waals surface area (Å²) >= 11 is 0. The Bertz CT molecular complexity index is 69.3. The standard InChI is InChI=1S/C5H10O2.C2H6/c1-4(6)5(2)7-3;1-2/h5H,1-3H3;1-2H3. The van der Waals surface area contributed by atoms with Crippen LogP contribution in [0.15, 0.2) is 0 Å². The summed E-state index contributed by atoms with van der Waals surface area (Å²) in [4.78, 5) is 10.2. The van der Waals surface area contributed by atoms with E-state index in [2.05, 4.69) is 4.74 Å². The van der Waals surface area contributed by atoms with Gasteiger partial charge in [-0.3, -0.25) is 4.79 Å². The summed E-state index contributed by atoms with van der Waals surface area (Å²) in [7, 11) is 1.52. The van der Waals surface area contributed by atoms with Gasteiger partial charge in [-0.1, -0.05) is 13.8 Å². The van der Waals surface area contributed by atoms with Crippen molar-refractivity contribution in [1.29, 1.82) is 0 Å². The summed E-state index contributed by atoms with van der Waals surface area (Å²) in [5, 5.41) is 0. The van der Waals surface area contributed by atoms with Crippen LogP contribution in [0.3, 0.4) is 0 Å². The molecule has 0 amide bonds. The molecule has 0 saturated heterocycles. The van der Waals surface area contributed by atoms with Crippen LogP contribution in [0, 0.1) is 0 Å². The van der Waals surface area contributed by atoms with Crippen LogP contribution in [0.25, 0.3) is 0 Å². The third-order valence-corrected chi connectivity index (χ3v) is 0.926. The average molecular weight is 132 g/mol. The molecule has 0 radical (unpaired) electrons. The van der Waals surface area contributed by atoms with E-state index in [9.17, 15) is 4.79 Å². The molecular formula is C7H16O2. The molecule has 0 aromatic rings. The minimum Gasteiger partial charge on any atom is -0.374 e.